The Morgan fingerprint density at radius 1 is 0.757 bits per heavy atom. The monoisotopic (exact) mass is 526 g/mol. The third kappa shape index (κ3) is 5.53. The first kappa shape index (κ1) is 24.2. The summed E-state index contributed by atoms with van der Waals surface area (Å²) in [5.41, 5.74) is 0.950. The fourth-order valence-corrected chi connectivity index (χ4v) is 4.15. The number of hydrogen-bond donors (Lipinski definition) is 1. The molecule has 1 saturated heterocycles. The Hall–Kier alpha value is -4.46. The molecule has 37 heavy (non-hydrogen) atoms. The number of halogens is 1. The number of carbonyl (C=O) groups excluding carboxylic acids is 2. The van der Waals surface area contributed by atoms with Gasteiger partial charge in [0.1, 0.15) is 28.6 Å². The molecule has 5 rings (SSSR count). The van der Waals surface area contributed by atoms with E-state index in [1.807, 2.05) is 30.3 Å². The third-order valence-corrected chi connectivity index (χ3v) is 5.94. The summed E-state index contributed by atoms with van der Waals surface area (Å²) < 4.78 is 11.8. The second-order valence-corrected chi connectivity index (χ2v) is 8.79. The number of rotatable bonds is 6. The maximum atomic E-state index is 13.5. The van der Waals surface area contributed by atoms with Crippen LogP contribution in [-0.4, -0.2) is 16.9 Å². The molecule has 1 fully saturated rings. The lowest BCUT2D eigenvalue weighted by atomic mass is 10.1. The maximum absolute atomic E-state index is 13.5. The average molecular weight is 527 g/mol. The molecule has 0 saturated carbocycles. The van der Waals surface area contributed by atoms with Gasteiger partial charge < -0.3 is 9.47 Å². The average Bonchev–Trinajstić information content (AvgIpc) is 2.89. The van der Waals surface area contributed by atoms with Gasteiger partial charge in [-0.1, -0.05) is 54.1 Å². The molecule has 1 aliphatic heterocycles. The number of carbonyl (C=O) groups is 2. The van der Waals surface area contributed by atoms with Crippen LogP contribution in [0.2, 0.25) is 5.02 Å². The van der Waals surface area contributed by atoms with Gasteiger partial charge in [-0.3, -0.25) is 19.8 Å². The summed E-state index contributed by atoms with van der Waals surface area (Å²) in [6.45, 7) is 0. The fourth-order valence-electron chi connectivity index (χ4n) is 3.69. The van der Waals surface area contributed by atoms with Crippen LogP contribution in [0.5, 0.6) is 23.0 Å². The molecular weight excluding hydrogens is 508 g/mol. The highest BCUT2D eigenvalue weighted by Gasteiger charge is 2.34. The maximum Gasteiger partial charge on any atom is 0.270 e. The summed E-state index contributed by atoms with van der Waals surface area (Å²) in [4.78, 5) is 27.5. The number of thiocarbonyl (C=S) groups is 1. The molecule has 0 spiro atoms. The Morgan fingerprint density at radius 3 is 2.19 bits per heavy atom. The summed E-state index contributed by atoms with van der Waals surface area (Å²) in [7, 11) is 0. The van der Waals surface area contributed by atoms with Crippen molar-refractivity contribution in [2.45, 2.75) is 0 Å². The van der Waals surface area contributed by atoms with Crippen molar-refractivity contribution in [2.24, 2.45) is 0 Å². The van der Waals surface area contributed by atoms with E-state index in [1.54, 1.807) is 72.8 Å². The minimum atomic E-state index is -0.590. The number of benzene rings is 4. The van der Waals surface area contributed by atoms with Crippen molar-refractivity contribution in [3.8, 4) is 23.0 Å². The molecular formula is C29H19ClN2O4S. The quantitative estimate of drug-likeness (QED) is 0.171. The second-order valence-electron chi connectivity index (χ2n) is 7.96. The molecule has 182 valence electrons. The normalized spacial score (nSPS) is 14.5. The number of para-hydroxylation sites is 2. The molecule has 1 aliphatic rings. The van der Waals surface area contributed by atoms with E-state index >= 15 is 0 Å². The van der Waals surface area contributed by atoms with Crippen LogP contribution in [0.15, 0.2) is 109 Å². The highest BCUT2D eigenvalue weighted by molar-refractivity contribution is 7.80. The summed E-state index contributed by atoms with van der Waals surface area (Å²) >= 11 is 11.4. The highest BCUT2D eigenvalue weighted by Crippen LogP contribution is 2.31. The molecule has 1 heterocycles. The second kappa shape index (κ2) is 10.7. The van der Waals surface area contributed by atoms with Gasteiger partial charge in [0.05, 0.1) is 5.69 Å². The molecule has 4 aromatic carbocycles. The predicted octanol–water partition coefficient (Wildman–Crippen LogP) is 6.76. The molecule has 4 aromatic rings. The number of nitrogens with one attached hydrogen (secondary N) is 1. The minimum absolute atomic E-state index is 0.00709. The van der Waals surface area contributed by atoms with Gasteiger partial charge in [-0.15, -0.1) is 0 Å². The van der Waals surface area contributed by atoms with Gasteiger partial charge in [-0.05, 0) is 79.0 Å². The van der Waals surface area contributed by atoms with Gasteiger partial charge in [-0.25, -0.2) is 0 Å². The highest BCUT2D eigenvalue weighted by atomic mass is 35.5. The predicted molar refractivity (Wildman–Crippen MR) is 147 cm³/mol. The Balaban J connectivity index is 1.42. The lowest BCUT2D eigenvalue weighted by Gasteiger charge is -2.29. The standard InChI is InChI=1S/C29H19ClN2O4S/c30-20-8-6-11-24(18-20)36-26-12-5-4-7-19(26)17-25-27(33)31-29(37)32(28(25)34)21-13-15-23(16-14-21)35-22-9-2-1-3-10-22/h1-18H,(H,31,33,37)/b25-17+. The summed E-state index contributed by atoms with van der Waals surface area (Å²) in [5.74, 6) is 1.13. The van der Waals surface area contributed by atoms with E-state index in [-0.39, 0.29) is 10.7 Å². The molecule has 0 aromatic heterocycles. The SMILES string of the molecule is O=C1NC(=S)N(c2ccc(Oc3ccccc3)cc2)C(=O)/C1=C/c1ccccc1Oc1cccc(Cl)c1. The third-order valence-electron chi connectivity index (χ3n) is 5.42. The number of ether oxygens (including phenoxy) is 2. The van der Waals surface area contributed by atoms with Crippen molar-refractivity contribution in [1.82, 2.24) is 5.32 Å². The summed E-state index contributed by atoms with van der Waals surface area (Å²) in [6, 6.07) is 30.2. The molecule has 8 heteroatoms. The summed E-state index contributed by atoms with van der Waals surface area (Å²) in [5, 5.41) is 3.12. The Labute approximate surface area is 223 Å². The van der Waals surface area contributed by atoms with Gasteiger partial charge in [0.2, 0.25) is 0 Å². The van der Waals surface area contributed by atoms with Crippen LogP contribution >= 0.6 is 23.8 Å². The first-order valence-electron chi connectivity index (χ1n) is 11.2. The van der Waals surface area contributed by atoms with E-state index in [0.29, 0.717) is 39.3 Å². The summed E-state index contributed by atoms with van der Waals surface area (Å²) in [6.07, 6.45) is 1.49. The molecule has 0 bridgehead atoms. The van der Waals surface area contributed by atoms with Crippen molar-refractivity contribution in [3.63, 3.8) is 0 Å². The van der Waals surface area contributed by atoms with Crippen LogP contribution in [0.4, 0.5) is 5.69 Å². The Morgan fingerprint density at radius 2 is 1.43 bits per heavy atom. The van der Waals surface area contributed by atoms with E-state index in [9.17, 15) is 9.59 Å². The number of amides is 2. The van der Waals surface area contributed by atoms with Crippen LogP contribution in [0.25, 0.3) is 6.08 Å². The van der Waals surface area contributed by atoms with Crippen molar-refractivity contribution in [1.29, 1.82) is 0 Å². The molecule has 0 atom stereocenters. The number of nitrogens with zero attached hydrogens (tertiary/aromatic N) is 1. The van der Waals surface area contributed by atoms with E-state index in [1.165, 1.54) is 11.0 Å². The largest absolute Gasteiger partial charge is 0.457 e. The molecule has 2 amide bonds. The number of anilines is 1. The smallest absolute Gasteiger partial charge is 0.270 e. The zero-order chi connectivity index (χ0) is 25.8. The van der Waals surface area contributed by atoms with E-state index in [4.69, 9.17) is 33.3 Å². The lowest BCUT2D eigenvalue weighted by Crippen LogP contribution is -2.54. The van der Waals surface area contributed by atoms with Crippen LogP contribution in [0, 0.1) is 0 Å². The van der Waals surface area contributed by atoms with Crippen molar-refractivity contribution in [3.05, 3.63) is 119 Å². The van der Waals surface area contributed by atoms with Crippen LogP contribution in [0.1, 0.15) is 5.56 Å². The Kier molecular flexibility index (Phi) is 6.98. The van der Waals surface area contributed by atoms with Crippen LogP contribution < -0.4 is 19.7 Å². The van der Waals surface area contributed by atoms with Crippen molar-refractivity contribution in [2.75, 3.05) is 4.90 Å². The fraction of sp³-hybridized carbons (Fsp3) is 0. The molecule has 0 unspecified atom stereocenters. The molecule has 6 nitrogen and oxygen atoms in total. The van der Waals surface area contributed by atoms with Gasteiger partial charge in [0, 0.05) is 10.6 Å². The van der Waals surface area contributed by atoms with Gasteiger partial charge in [0.15, 0.2) is 5.11 Å². The first-order valence-corrected chi connectivity index (χ1v) is 12.0. The van der Waals surface area contributed by atoms with Gasteiger partial charge >= 0.3 is 0 Å². The van der Waals surface area contributed by atoms with Crippen LogP contribution in [-0.2, 0) is 9.59 Å². The van der Waals surface area contributed by atoms with Crippen molar-refractivity contribution < 1.29 is 19.1 Å². The number of hydrogen-bond acceptors (Lipinski definition) is 5. The van der Waals surface area contributed by atoms with Gasteiger partial charge in [0.25, 0.3) is 11.8 Å². The topological polar surface area (TPSA) is 67.9 Å². The lowest BCUT2D eigenvalue weighted by molar-refractivity contribution is -0.122. The first-order chi connectivity index (χ1) is 18.0. The van der Waals surface area contributed by atoms with Gasteiger partial charge in [-0.2, -0.15) is 0 Å². The van der Waals surface area contributed by atoms with E-state index in [2.05, 4.69) is 5.32 Å². The van der Waals surface area contributed by atoms with E-state index in [0.717, 1.165) is 0 Å². The molecule has 0 radical (unpaired) electrons. The van der Waals surface area contributed by atoms with Crippen molar-refractivity contribution >= 4 is 52.5 Å². The Bertz CT molecular complexity index is 1520. The zero-order valence-electron chi connectivity index (χ0n) is 19.3. The molecule has 0 aliphatic carbocycles. The molecule has 1 N–H and O–H groups in total. The van der Waals surface area contributed by atoms with E-state index < -0.39 is 11.8 Å². The zero-order valence-corrected chi connectivity index (χ0v) is 20.8. The van der Waals surface area contributed by atoms with Crippen LogP contribution in [0.3, 0.4) is 0 Å². The minimum Gasteiger partial charge on any atom is -0.457 e.